The molecule has 1 heterocycles. The van der Waals surface area contributed by atoms with Crippen molar-refractivity contribution in [3.8, 4) is 0 Å². The molecule has 1 aliphatic rings. The largest absolute Gasteiger partial charge is 0.465 e. The van der Waals surface area contributed by atoms with Gasteiger partial charge in [-0.3, -0.25) is 9.59 Å². The number of hydrazone groups is 1. The van der Waals surface area contributed by atoms with Crippen LogP contribution in [0.2, 0.25) is 0 Å². The van der Waals surface area contributed by atoms with Crippen molar-refractivity contribution in [3.63, 3.8) is 0 Å². The lowest BCUT2D eigenvalue weighted by Gasteiger charge is -2.19. The van der Waals surface area contributed by atoms with Crippen LogP contribution >= 0.6 is 0 Å². The minimum atomic E-state index is -0.533. The van der Waals surface area contributed by atoms with Crippen LogP contribution in [0.3, 0.4) is 0 Å². The number of nitrogens with zero attached hydrogens (tertiary/aromatic N) is 2. The van der Waals surface area contributed by atoms with Crippen LogP contribution in [0.4, 0.5) is 5.69 Å². The number of methoxy groups -OCH3 is 1. The van der Waals surface area contributed by atoms with Gasteiger partial charge in [0.05, 0.1) is 24.1 Å². The van der Waals surface area contributed by atoms with Crippen molar-refractivity contribution in [3.05, 3.63) is 87.9 Å². The average molecular weight is 474 g/mol. The molecule has 0 bridgehead atoms. The molecule has 8 heteroatoms. The number of hydrogen-bond donors (Lipinski definition) is 1. The topological polar surface area (TPSA) is 101 Å². The number of carbonyl (C=O) groups is 3. The van der Waals surface area contributed by atoms with Crippen molar-refractivity contribution in [2.24, 2.45) is 5.10 Å². The van der Waals surface area contributed by atoms with E-state index in [-0.39, 0.29) is 17.2 Å². The summed E-state index contributed by atoms with van der Waals surface area (Å²) in [6, 6.07) is 14.0. The maximum absolute atomic E-state index is 13.4. The van der Waals surface area contributed by atoms with Crippen LogP contribution < -0.4 is 10.3 Å². The second kappa shape index (κ2) is 9.97. The molecule has 4 rings (SSSR count). The highest BCUT2D eigenvalue weighted by Crippen LogP contribution is 2.32. The summed E-state index contributed by atoms with van der Waals surface area (Å²) >= 11 is 0. The summed E-state index contributed by atoms with van der Waals surface area (Å²) in [5.41, 5.74) is 6.83. The van der Waals surface area contributed by atoms with Crippen molar-refractivity contribution in [1.29, 1.82) is 0 Å². The molecule has 0 unspecified atom stereocenters. The van der Waals surface area contributed by atoms with E-state index in [4.69, 9.17) is 9.15 Å². The highest BCUT2D eigenvalue weighted by atomic mass is 16.5. The number of anilines is 1. The number of esters is 1. The molecule has 2 aromatic carbocycles. The molecular weight excluding hydrogens is 446 g/mol. The van der Waals surface area contributed by atoms with Crippen molar-refractivity contribution in [2.45, 2.75) is 33.1 Å². The fourth-order valence-corrected chi connectivity index (χ4v) is 4.30. The van der Waals surface area contributed by atoms with Gasteiger partial charge < -0.3 is 14.1 Å². The zero-order valence-corrected chi connectivity index (χ0v) is 20.2. The average Bonchev–Trinajstić information content (AvgIpc) is 3.23. The monoisotopic (exact) mass is 473 g/mol. The van der Waals surface area contributed by atoms with Gasteiger partial charge in [-0.1, -0.05) is 30.3 Å². The first kappa shape index (κ1) is 23.9. The van der Waals surface area contributed by atoms with Crippen molar-refractivity contribution in [1.82, 2.24) is 5.43 Å². The lowest BCUT2D eigenvalue weighted by molar-refractivity contribution is 0.0601. The van der Waals surface area contributed by atoms with E-state index in [1.165, 1.54) is 12.0 Å². The van der Waals surface area contributed by atoms with Crippen LogP contribution in [0.1, 0.15) is 66.6 Å². The second-order valence-electron chi connectivity index (χ2n) is 8.40. The van der Waals surface area contributed by atoms with Crippen LogP contribution in [0, 0.1) is 13.8 Å². The molecule has 0 fully saturated rings. The zero-order chi connectivity index (χ0) is 25.1. The first-order chi connectivity index (χ1) is 16.8. The van der Waals surface area contributed by atoms with Gasteiger partial charge in [0.15, 0.2) is 5.76 Å². The van der Waals surface area contributed by atoms with Crippen molar-refractivity contribution in [2.75, 3.05) is 19.1 Å². The van der Waals surface area contributed by atoms with E-state index >= 15 is 0 Å². The first-order valence-corrected chi connectivity index (χ1v) is 11.3. The van der Waals surface area contributed by atoms with Crippen LogP contribution in [-0.4, -0.2) is 37.7 Å². The summed E-state index contributed by atoms with van der Waals surface area (Å²) in [6.07, 6.45) is 2.10. The van der Waals surface area contributed by atoms with Gasteiger partial charge in [-0.2, -0.15) is 5.10 Å². The zero-order valence-electron chi connectivity index (χ0n) is 20.2. The molecule has 180 valence electrons. The summed E-state index contributed by atoms with van der Waals surface area (Å²) in [4.78, 5) is 39.6. The lowest BCUT2D eigenvalue weighted by Crippen LogP contribution is -2.28. The molecule has 0 atom stereocenters. The lowest BCUT2D eigenvalue weighted by atomic mass is 9.93. The third-order valence-electron chi connectivity index (χ3n) is 6.18. The van der Waals surface area contributed by atoms with Gasteiger partial charge in [-0.25, -0.2) is 10.2 Å². The maximum Gasteiger partial charge on any atom is 0.339 e. The smallest absolute Gasteiger partial charge is 0.339 e. The number of nitrogens with one attached hydrogen (secondary N) is 1. The molecule has 0 radical (unpaired) electrons. The van der Waals surface area contributed by atoms with Crippen LogP contribution in [0.25, 0.3) is 0 Å². The van der Waals surface area contributed by atoms with Crippen LogP contribution in [0.15, 0.2) is 58.0 Å². The van der Waals surface area contributed by atoms with Gasteiger partial charge in [-0.15, -0.1) is 0 Å². The minimum absolute atomic E-state index is 0.178. The summed E-state index contributed by atoms with van der Waals surface area (Å²) in [5.74, 6) is -0.377. The molecule has 0 aliphatic heterocycles. The molecule has 1 aromatic heterocycles. The quantitative estimate of drug-likeness (QED) is 0.436. The van der Waals surface area contributed by atoms with E-state index < -0.39 is 11.9 Å². The Morgan fingerprint density at radius 1 is 1.00 bits per heavy atom. The first-order valence-electron chi connectivity index (χ1n) is 11.3. The number of hydrogen-bond acceptors (Lipinski definition) is 6. The number of para-hydroxylation sites is 1. The Morgan fingerprint density at radius 2 is 1.69 bits per heavy atom. The molecule has 0 spiro atoms. The molecule has 1 aliphatic carbocycles. The van der Waals surface area contributed by atoms with E-state index in [1.807, 2.05) is 19.1 Å². The molecule has 0 saturated carbocycles. The van der Waals surface area contributed by atoms with Crippen molar-refractivity contribution >= 4 is 29.2 Å². The van der Waals surface area contributed by atoms with Crippen LogP contribution in [0.5, 0.6) is 0 Å². The standard InChI is InChI=1S/C27H27N3O5/c1-16-10-5-6-11-18(16)25(31)29-28-20-13-9-15-22-23(20)17(2)24(35-22)26(32)30(3)21-14-8-7-12-19(21)27(33)34-4/h5-8,10-12,14H,9,13,15H2,1-4H3,(H,29,31)/b28-20+. The number of furan rings is 1. The summed E-state index contributed by atoms with van der Waals surface area (Å²) in [7, 11) is 2.88. The van der Waals surface area contributed by atoms with Gasteiger partial charge in [0, 0.05) is 30.2 Å². The van der Waals surface area contributed by atoms with E-state index in [2.05, 4.69) is 10.5 Å². The Hall–Kier alpha value is -4.20. The molecule has 8 nitrogen and oxygen atoms in total. The third kappa shape index (κ3) is 4.59. The van der Waals surface area contributed by atoms with Gasteiger partial charge in [-0.05, 0) is 50.5 Å². The Labute approximate surface area is 203 Å². The van der Waals surface area contributed by atoms with Gasteiger partial charge in [0.1, 0.15) is 5.76 Å². The van der Waals surface area contributed by atoms with E-state index in [1.54, 1.807) is 50.4 Å². The number of ether oxygens (including phenoxy) is 1. The predicted octanol–water partition coefficient (Wildman–Crippen LogP) is 4.43. The van der Waals surface area contributed by atoms with E-state index in [0.717, 1.165) is 17.5 Å². The molecular formula is C27H27N3O5. The Morgan fingerprint density at radius 3 is 2.40 bits per heavy atom. The molecule has 2 amide bonds. The number of fused-ring (bicyclic) bond motifs is 1. The summed E-state index contributed by atoms with van der Waals surface area (Å²) in [5, 5.41) is 4.40. The normalized spacial score (nSPS) is 13.8. The SMILES string of the molecule is COC(=O)c1ccccc1N(C)C(=O)c1oc2c(c1C)/C(=N/NC(=O)c1ccccc1C)CCC2. The van der Waals surface area contributed by atoms with E-state index in [9.17, 15) is 14.4 Å². The van der Waals surface area contributed by atoms with Gasteiger partial charge >= 0.3 is 5.97 Å². The molecule has 3 aromatic rings. The highest BCUT2D eigenvalue weighted by molar-refractivity contribution is 6.12. The second-order valence-corrected chi connectivity index (χ2v) is 8.40. The molecule has 1 N–H and O–H groups in total. The van der Waals surface area contributed by atoms with E-state index in [0.29, 0.717) is 41.1 Å². The van der Waals surface area contributed by atoms with Crippen molar-refractivity contribution < 1.29 is 23.5 Å². The number of rotatable bonds is 5. The number of amides is 2. The summed E-state index contributed by atoms with van der Waals surface area (Å²) in [6.45, 7) is 3.67. The fraction of sp³-hybridized carbons (Fsp3) is 0.259. The Balaban J connectivity index is 1.63. The van der Waals surface area contributed by atoms with Gasteiger partial charge in [0.25, 0.3) is 11.8 Å². The van der Waals surface area contributed by atoms with Crippen LogP contribution in [-0.2, 0) is 11.2 Å². The minimum Gasteiger partial charge on any atom is -0.465 e. The number of benzene rings is 2. The maximum atomic E-state index is 13.4. The number of aryl methyl sites for hydroxylation is 2. The Kier molecular flexibility index (Phi) is 6.82. The third-order valence-corrected chi connectivity index (χ3v) is 6.18. The predicted molar refractivity (Wildman–Crippen MR) is 132 cm³/mol. The Bertz CT molecular complexity index is 1340. The molecule has 35 heavy (non-hydrogen) atoms. The highest BCUT2D eigenvalue weighted by Gasteiger charge is 2.30. The number of carbonyl (C=O) groups excluding carboxylic acids is 3. The van der Waals surface area contributed by atoms with Gasteiger partial charge in [0.2, 0.25) is 0 Å². The summed E-state index contributed by atoms with van der Waals surface area (Å²) < 4.78 is 10.9. The molecule has 0 saturated heterocycles. The fourth-order valence-electron chi connectivity index (χ4n) is 4.30.